The molecule has 2 aromatic heterocycles. The summed E-state index contributed by atoms with van der Waals surface area (Å²) in [5.74, 6) is -2.86. The van der Waals surface area contributed by atoms with Gasteiger partial charge in [-0.3, -0.25) is 4.79 Å². The Morgan fingerprint density at radius 3 is 2.68 bits per heavy atom. The smallest absolute Gasteiger partial charge is 0.373 e. The number of aromatic nitrogens is 2. The zero-order valence-corrected chi connectivity index (χ0v) is 20.1. The lowest BCUT2D eigenvalue weighted by molar-refractivity contribution is -0.220. The topological polar surface area (TPSA) is 117 Å². The molecular formula is C28H21FN2O7. The van der Waals surface area contributed by atoms with Crippen LogP contribution in [0.5, 0.6) is 5.75 Å². The average Bonchev–Trinajstić information content (AvgIpc) is 3.27. The maximum atomic E-state index is 13.6. The van der Waals surface area contributed by atoms with Crippen molar-refractivity contribution in [1.29, 1.82) is 0 Å². The lowest BCUT2D eigenvalue weighted by atomic mass is 9.85. The Hall–Kier alpha value is -4.57. The summed E-state index contributed by atoms with van der Waals surface area (Å²) in [6.07, 6.45) is -2.00. The van der Waals surface area contributed by atoms with Gasteiger partial charge in [0.2, 0.25) is 0 Å². The molecule has 0 saturated carbocycles. The van der Waals surface area contributed by atoms with E-state index in [1.807, 2.05) is 30.3 Å². The number of esters is 1. The lowest BCUT2D eigenvalue weighted by Crippen LogP contribution is -2.50. The van der Waals surface area contributed by atoms with Gasteiger partial charge in [-0.25, -0.2) is 19.0 Å². The minimum atomic E-state index is -1.95. The molecule has 6 rings (SSSR count). The number of cyclic esters (lactones) is 1. The van der Waals surface area contributed by atoms with Crippen molar-refractivity contribution < 1.29 is 33.3 Å². The molecule has 0 amide bonds. The van der Waals surface area contributed by atoms with Gasteiger partial charge in [-0.05, 0) is 48.9 Å². The minimum absolute atomic E-state index is 0.0217. The molecule has 2 atom stereocenters. The molecule has 192 valence electrons. The van der Waals surface area contributed by atoms with Crippen molar-refractivity contribution in [3.8, 4) is 17.1 Å². The summed E-state index contributed by atoms with van der Waals surface area (Å²) in [5, 5.41) is 10.8. The maximum absolute atomic E-state index is 13.6. The molecule has 1 N–H and O–H groups in total. The Morgan fingerprint density at radius 1 is 1.18 bits per heavy atom. The molecule has 0 radical (unpaired) electrons. The number of hydrogen-bond acceptors (Lipinski definition) is 7. The normalized spacial score (nSPS) is 18.3. The number of pyridine rings is 2. The van der Waals surface area contributed by atoms with Crippen molar-refractivity contribution in [3.63, 3.8) is 0 Å². The van der Waals surface area contributed by atoms with E-state index in [9.17, 15) is 23.9 Å². The standard InChI is InChI=1S/C28H21FN2O7/c1-2-28(38-26(25(33)34)37-18-9-7-17(29)8-10-18)20-12-22-23-16(11-15-5-3-4-6-21(15)30-23)13-31(22)24(32)19(20)14-36-27(28)35/h3-12,26H,2,13-14H2,1H3,(H,33,34)/t26?,28-/m0/s1. The van der Waals surface area contributed by atoms with Crippen molar-refractivity contribution in [1.82, 2.24) is 9.55 Å². The van der Waals surface area contributed by atoms with E-state index in [2.05, 4.69) is 0 Å². The average molecular weight is 516 g/mol. The Morgan fingerprint density at radius 2 is 1.95 bits per heavy atom. The van der Waals surface area contributed by atoms with Crippen LogP contribution < -0.4 is 10.3 Å². The van der Waals surface area contributed by atoms with Gasteiger partial charge in [0.25, 0.3) is 5.56 Å². The van der Waals surface area contributed by atoms with Crippen LogP contribution in [-0.4, -0.2) is 32.9 Å². The zero-order chi connectivity index (χ0) is 26.6. The van der Waals surface area contributed by atoms with Gasteiger partial charge in [0.1, 0.15) is 18.2 Å². The highest BCUT2D eigenvalue weighted by Gasteiger charge is 2.51. The number of fused-ring (bicyclic) bond motifs is 5. The highest BCUT2D eigenvalue weighted by molar-refractivity contribution is 5.87. The van der Waals surface area contributed by atoms with Crippen LogP contribution in [0.1, 0.15) is 30.0 Å². The number of carboxylic acids is 1. The van der Waals surface area contributed by atoms with Gasteiger partial charge in [-0.15, -0.1) is 0 Å². The molecule has 0 spiro atoms. The summed E-state index contributed by atoms with van der Waals surface area (Å²) in [6.45, 7) is 1.65. The number of carboxylic acid groups (broad SMARTS) is 1. The van der Waals surface area contributed by atoms with E-state index in [4.69, 9.17) is 19.2 Å². The first kappa shape index (κ1) is 23.8. The number of para-hydroxylation sites is 1. The third-order valence-corrected chi connectivity index (χ3v) is 6.95. The number of carbonyl (C=O) groups is 2. The lowest BCUT2D eigenvalue weighted by Gasteiger charge is -2.37. The van der Waals surface area contributed by atoms with E-state index in [1.165, 1.54) is 12.1 Å². The van der Waals surface area contributed by atoms with Crippen LogP contribution in [0.2, 0.25) is 0 Å². The summed E-state index contributed by atoms with van der Waals surface area (Å²) in [4.78, 5) is 43.7. The summed E-state index contributed by atoms with van der Waals surface area (Å²) in [6, 6.07) is 15.9. The third-order valence-electron chi connectivity index (χ3n) is 6.95. The van der Waals surface area contributed by atoms with Crippen molar-refractivity contribution in [2.24, 2.45) is 0 Å². The summed E-state index contributed by atoms with van der Waals surface area (Å²) in [7, 11) is 0. The van der Waals surface area contributed by atoms with Crippen molar-refractivity contribution in [2.45, 2.75) is 38.4 Å². The second-order valence-electron chi connectivity index (χ2n) is 9.12. The molecule has 2 aliphatic rings. The number of ether oxygens (including phenoxy) is 3. The van der Waals surface area contributed by atoms with Crippen LogP contribution in [0, 0.1) is 5.82 Å². The van der Waals surface area contributed by atoms with E-state index in [-0.39, 0.29) is 35.5 Å². The molecule has 0 bridgehead atoms. The molecule has 2 aliphatic heterocycles. The molecule has 4 aromatic rings. The van der Waals surface area contributed by atoms with Crippen molar-refractivity contribution in [2.75, 3.05) is 0 Å². The largest absolute Gasteiger partial charge is 0.477 e. The van der Waals surface area contributed by atoms with E-state index in [1.54, 1.807) is 17.6 Å². The quantitative estimate of drug-likeness (QED) is 0.268. The van der Waals surface area contributed by atoms with Crippen LogP contribution in [0.3, 0.4) is 0 Å². The van der Waals surface area contributed by atoms with Gasteiger partial charge in [-0.1, -0.05) is 25.1 Å². The molecule has 0 saturated heterocycles. The predicted molar refractivity (Wildman–Crippen MR) is 132 cm³/mol. The predicted octanol–water partition coefficient (Wildman–Crippen LogP) is 3.73. The number of halogens is 1. The second-order valence-corrected chi connectivity index (χ2v) is 9.12. The molecule has 38 heavy (non-hydrogen) atoms. The molecule has 2 aromatic carbocycles. The first-order valence-electron chi connectivity index (χ1n) is 12.0. The van der Waals surface area contributed by atoms with Crippen LogP contribution in [0.25, 0.3) is 22.3 Å². The number of hydrogen-bond donors (Lipinski definition) is 1. The molecule has 0 fully saturated rings. The molecule has 10 heteroatoms. The minimum Gasteiger partial charge on any atom is -0.477 e. The van der Waals surface area contributed by atoms with Gasteiger partial charge in [-0.2, -0.15) is 0 Å². The van der Waals surface area contributed by atoms with Gasteiger partial charge >= 0.3 is 18.2 Å². The molecule has 1 unspecified atom stereocenters. The van der Waals surface area contributed by atoms with Gasteiger partial charge in [0.15, 0.2) is 5.60 Å². The number of benzene rings is 2. The van der Waals surface area contributed by atoms with Crippen LogP contribution in [0.15, 0.2) is 65.5 Å². The molecule has 9 nitrogen and oxygen atoms in total. The monoisotopic (exact) mass is 516 g/mol. The van der Waals surface area contributed by atoms with Crippen molar-refractivity contribution in [3.05, 3.63) is 93.5 Å². The summed E-state index contributed by atoms with van der Waals surface area (Å²) in [5.41, 5.74) is 0.789. The van der Waals surface area contributed by atoms with E-state index >= 15 is 0 Å². The summed E-state index contributed by atoms with van der Waals surface area (Å²) < 4.78 is 31.6. The fraction of sp³-hybridized carbons (Fsp3) is 0.214. The number of carbonyl (C=O) groups excluding carboxylic acids is 1. The molecular weight excluding hydrogens is 495 g/mol. The van der Waals surface area contributed by atoms with E-state index in [0.717, 1.165) is 28.6 Å². The van der Waals surface area contributed by atoms with E-state index in [0.29, 0.717) is 17.9 Å². The molecule has 0 aliphatic carbocycles. The van der Waals surface area contributed by atoms with Crippen LogP contribution in [0.4, 0.5) is 4.39 Å². The highest BCUT2D eigenvalue weighted by Crippen LogP contribution is 2.41. The number of nitrogens with zero attached hydrogens (tertiary/aromatic N) is 2. The Labute approximate surface area is 215 Å². The molecule has 4 heterocycles. The maximum Gasteiger partial charge on any atom is 0.373 e. The summed E-state index contributed by atoms with van der Waals surface area (Å²) >= 11 is 0. The number of rotatable bonds is 6. The Balaban J connectivity index is 1.48. The van der Waals surface area contributed by atoms with Gasteiger partial charge < -0.3 is 23.9 Å². The fourth-order valence-corrected chi connectivity index (χ4v) is 5.05. The van der Waals surface area contributed by atoms with E-state index < -0.39 is 29.6 Å². The number of aliphatic carboxylic acids is 1. The first-order chi connectivity index (χ1) is 18.3. The van der Waals surface area contributed by atoms with Gasteiger partial charge in [0, 0.05) is 16.5 Å². The van der Waals surface area contributed by atoms with Crippen LogP contribution >= 0.6 is 0 Å². The van der Waals surface area contributed by atoms with Crippen LogP contribution in [-0.2, 0) is 37.8 Å². The van der Waals surface area contributed by atoms with Gasteiger partial charge in [0.05, 0.1) is 29.0 Å². The zero-order valence-electron chi connectivity index (χ0n) is 20.1. The first-order valence-corrected chi connectivity index (χ1v) is 12.0. The second kappa shape index (κ2) is 8.77. The third kappa shape index (κ3) is 3.64. The Bertz CT molecular complexity index is 1680. The fourth-order valence-electron chi connectivity index (χ4n) is 5.05. The highest BCUT2D eigenvalue weighted by atomic mass is 19.1. The van der Waals surface area contributed by atoms with Crippen molar-refractivity contribution >= 4 is 22.8 Å². The SMILES string of the molecule is CC[C@@]1(OC(Oc2ccc(F)cc2)C(=O)O)C(=O)OCc2c1cc1n(c2=O)Cc2cc3ccccc3nc2-1. The Kier molecular flexibility index (Phi) is 5.50.